The van der Waals surface area contributed by atoms with E-state index < -0.39 is 0 Å². The molecule has 0 unspecified atom stereocenters. The average Bonchev–Trinajstić information content (AvgIpc) is 2.75. The molecule has 0 fully saturated rings. The van der Waals surface area contributed by atoms with Gasteiger partial charge in [-0.25, -0.2) is 9.37 Å². The van der Waals surface area contributed by atoms with Crippen LogP contribution in [0.3, 0.4) is 0 Å². The number of halogens is 1. The Morgan fingerprint density at radius 3 is 2.83 bits per heavy atom. The molecule has 0 spiro atoms. The molecule has 1 heterocycles. The topological polar surface area (TPSA) is 64.8 Å². The number of rotatable bonds is 3. The van der Waals surface area contributed by atoms with Crippen LogP contribution in [-0.4, -0.2) is 15.1 Å². The number of nitrogens with zero attached hydrogens (tertiary/aromatic N) is 1. The number of imidazole rings is 1. The SMILES string of the molecule is Cc1[nH]cnc1NNC(=S)Nc1ccccc1F. The van der Waals surface area contributed by atoms with Gasteiger partial charge < -0.3 is 10.3 Å². The second-order valence-corrected chi connectivity index (χ2v) is 3.97. The smallest absolute Gasteiger partial charge is 0.189 e. The maximum atomic E-state index is 13.3. The van der Waals surface area contributed by atoms with Crippen LogP contribution in [0.2, 0.25) is 0 Å². The largest absolute Gasteiger partial charge is 0.347 e. The van der Waals surface area contributed by atoms with Crippen LogP contribution in [0.15, 0.2) is 30.6 Å². The minimum atomic E-state index is -0.363. The molecule has 0 aliphatic carbocycles. The van der Waals surface area contributed by atoms with Crippen LogP contribution >= 0.6 is 12.2 Å². The number of hydrazine groups is 1. The summed E-state index contributed by atoms with van der Waals surface area (Å²) in [6.07, 6.45) is 1.56. The second-order valence-electron chi connectivity index (χ2n) is 3.56. The van der Waals surface area contributed by atoms with Crippen molar-refractivity contribution in [2.24, 2.45) is 0 Å². The van der Waals surface area contributed by atoms with Gasteiger partial charge in [0, 0.05) is 0 Å². The van der Waals surface area contributed by atoms with E-state index >= 15 is 0 Å². The van der Waals surface area contributed by atoms with Gasteiger partial charge in [-0.05, 0) is 31.3 Å². The number of benzene rings is 1. The number of hydrogen-bond acceptors (Lipinski definition) is 3. The van der Waals surface area contributed by atoms with E-state index in [1.165, 1.54) is 6.07 Å². The normalized spacial score (nSPS) is 9.89. The van der Waals surface area contributed by atoms with Crippen molar-refractivity contribution in [3.8, 4) is 0 Å². The quantitative estimate of drug-likeness (QED) is 0.506. The fourth-order valence-electron chi connectivity index (χ4n) is 1.32. The first-order valence-corrected chi connectivity index (χ1v) is 5.65. The molecule has 0 bridgehead atoms. The van der Waals surface area contributed by atoms with E-state index in [1.807, 2.05) is 6.92 Å². The highest BCUT2D eigenvalue weighted by Gasteiger charge is 2.04. The Bertz CT molecular complexity index is 554. The number of aromatic nitrogens is 2. The van der Waals surface area contributed by atoms with Gasteiger partial charge in [0.15, 0.2) is 10.9 Å². The van der Waals surface area contributed by atoms with Crippen molar-refractivity contribution >= 4 is 28.8 Å². The van der Waals surface area contributed by atoms with Crippen molar-refractivity contribution in [3.63, 3.8) is 0 Å². The van der Waals surface area contributed by atoms with Crippen LogP contribution in [0, 0.1) is 12.7 Å². The third-order valence-corrected chi connectivity index (χ3v) is 2.45. The fourth-order valence-corrected chi connectivity index (χ4v) is 1.48. The first-order valence-electron chi connectivity index (χ1n) is 5.24. The Balaban J connectivity index is 1.90. The van der Waals surface area contributed by atoms with Gasteiger partial charge in [-0.1, -0.05) is 12.1 Å². The highest BCUT2D eigenvalue weighted by Crippen LogP contribution is 2.12. The highest BCUT2D eigenvalue weighted by atomic mass is 32.1. The predicted octanol–water partition coefficient (Wildman–Crippen LogP) is 2.17. The van der Waals surface area contributed by atoms with Crippen LogP contribution in [0.5, 0.6) is 0 Å². The zero-order valence-electron chi connectivity index (χ0n) is 9.62. The zero-order chi connectivity index (χ0) is 13.0. The minimum absolute atomic E-state index is 0.252. The van der Waals surface area contributed by atoms with Crippen LogP contribution in [0.1, 0.15) is 5.69 Å². The molecular weight excluding hydrogens is 253 g/mol. The number of hydrogen-bond donors (Lipinski definition) is 4. The van der Waals surface area contributed by atoms with Gasteiger partial charge in [-0.3, -0.25) is 10.9 Å². The van der Waals surface area contributed by atoms with E-state index in [4.69, 9.17) is 12.2 Å². The summed E-state index contributed by atoms with van der Waals surface area (Å²) in [5, 5.41) is 2.99. The molecule has 2 aromatic rings. The molecule has 1 aromatic heterocycles. The lowest BCUT2D eigenvalue weighted by Crippen LogP contribution is -2.33. The lowest BCUT2D eigenvalue weighted by Gasteiger charge is -2.11. The van der Waals surface area contributed by atoms with Gasteiger partial charge >= 0.3 is 0 Å². The molecule has 5 nitrogen and oxygen atoms in total. The van der Waals surface area contributed by atoms with E-state index in [0.29, 0.717) is 11.5 Å². The third-order valence-electron chi connectivity index (χ3n) is 2.25. The van der Waals surface area contributed by atoms with E-state index in [1.54, 1.807) is 24.5 Å². The molecule has 0 atom stereocenters. The van der Waals surface area contributed by atoms with Gasteiger partial charge in [0.05, 0.1) is 17.7 Å². The molecule has 2 rings (SSSR count). The van der Waals surface area contributed by atoms with Crippen molar-refractivity contribution in [2.75, 3.05) is 10.7 Å². The predicted molar refractivity (Wildman–Crippen MR) is 72.7 cm³/mol. The van der Waals surface area contributed by atoms with E-state index in [2.05, 4.69) is 26.1 Å². The number of aromatic amines is 1. The lowest BCUT2D eigenvalue weighted by atomic mass is 10.3. The Labute approximate surface area is 109 Å². The summed E-state index contributed by atoms with van der Waals surface area (Å²) in [6.45, 7) is 1.87. The molecule has 18 heavy (non-hydrogen) atoms. The van der Waals surface area contributed by atoms with Crippen LogP contribution in [0.4, 0.5) is 15.9 Å². The van der Waals surface area contributed by atoms with Crippen molar-refractivity contribution in [3.05, 3.63) is 42.1 Å². The van der Waals surface area contributed by atoms with E-state index in [0.717, 1.165) is 5.69 Å². The Kier molecular flexibility index (Phi) is 3.73. The van der Waals surface area contributed by atoms with Gasteiger partial charge in [0.1, 0.15) is 5.82 Å². The Morgan fingerprint density at radius 2 is 2.17 bits per heavy atom. The lowest BCUT2D eigenvalue weighted by molar-refractivity contribution is 0.632. The van der Waals surface area contributed by atoms with E-state index in [-0.39, 0.29) is 10.9 Å². The molecule has 94 valence electrons. The highest BCUT2D eigenvalue weighted by molar-refractivity contribution is 7.80. The molecular formula is C11H12FN5S. The summed E-state index contributed by atoms with van der Waals surface area (Å²) in [5.74, 6) is 0.269. The molecule has 0 saturated heterocycles. The third kappa shape index (κ3) is 2.95. The summed E-state index contributed by atoms with van der Waals surface area (Å²) in [5.41, 5.74) is 6.72. The summed E-state index contributed by atoms with van der Waals surface area (Å²) in [4.78, 5) is 6.94. The van der Waals surface area contributed by atoms with Crippen LogP contribution in [0.25, 0.3) is 0 Å². The van der Waals surface area contributed by atoms with Crippen molar-refractivity contribution in [1.82, 2.24) is 15.4 Å². The Morgan fingerprint density at radius 1 is 1.39 bits per heavy atom. The molecule has 0 aliphatic heterocycles. The van der Waals surface area contributed by atoms with Gasteiger partial charge in [0.2, 0.25) is 0 Å². The number of nitrogens with one attached hydrogen (secondary N) is 4. The van der Waals surface area contributed by atoms with Crippen LogP contribution in [-0.2, 0) is 0 Å². The second kappa shape index (κ2) is 5.46. The summed E-state index contributed by atoms with van der Waals surface area (Å²) in [6, 6.07) is 6.29. The fraction of sp³-hybridized carbons (Fsp3) is 0.0909. The number of anilines is 2. The maximum absolute atomic E-state index is 13.3. The number of H-pyrrole nitrogens is 1. The first-order chi connectivity index (χ1) is 8.66. The van der Waals surface area contributed by atoms with Gasteiger partial charge in [-0.15, -0.1) is 0 Å². The number of aryl methyl sites for hydroxylation is 1. The van der Waals surface area contributed by atoms with Gasteiger partial charge in [0.25, 0.3) is 0 Å². The van der Waals surface area contributed by atoms with E-state index in [9.17, 15) is 4.39 Å². The number of para-hydroxylation sites is 1. The molecule has 1 aromatic carbocycles. The zero-order valence-corrected chi connectivity index (χ0v) is 10.4. The molecule has 0 saturated carbocycles. The van der Waals surface area contributed by atoms with Crippen molar-refractivity contribution < 1.29 is 4.39 Å². The standard InChI is InChI=1S/C11H12FN5S/c1-7-10(14-6-13-7)16-17-11(18)15-9-5-3-2-4-8(9)12/h2-6,16H,1H3,(H,13,14)(H2,15,17,18). The van der Waals surface area contributed by atoms with Crippen LogP contribution < -0.4 is 16.2 Å². The average molecular weight is 265 g/mol. The Hall–Kier alpha value is -2.15. The summed E-state index contributed by atoms with van der Waals surface area (Å²) in [7, 11) is 0. The summed E-state index contributed by atoms with van der Waals surface area (Å²) >= 11 is 5.02. The first kappa shape index (κ1) is 12.3. The van der Waals surface area contributed by atoms with Crippen molar-refractivity contribution in [1.29, 1.82) is 0 Å². The molecule has 4 N–H and O–H groups in total. The van der Waals surface area contributed by atoms with Crippen molar-refractivity contribution in [2.45, 2.75) is 6.92 Å². The molecule has 0 amide bonds. The molecule has 0 radical (unpaired) electrons. The monoisotopic (exact) mass is 265 g/mol. The van der Waals surface area contributed by atoms with Gasteiger partial charge in [-0.2, -0.15) is 0 Å². The molecule has 7 heteroatoms. The number of thiocarbonyl (C=S) groups is 1. The summed E-state index contributed by atoms with van der Waals surface area (Å²) < 4.78 is 13.3. The molecule has 0 aliphatic rings. The maximum Gasteiger partial charge on any atom is 0.189 e. The minimum Gasteiger partial charge on any atom is -0.347 e.